The van der Waals surface area contributed by atoms with Crippen molar-refractivity contribution in [2.45, 2.75) is 12.8 Å². The van der Waals surface area contributed by atoms with E-state index in [9.17, 15) is 0 Å². The topological polar surface area (TPSA) is 0 Å². The van der Waals surface area contributed by atoms with Crippen LogP contribution in [0.5, 0.6) is 0 Å². The Morgan fingerprint density at radius 2 is 0.833 bits per heavy atom. The fourth-order valence-electron chi connectivity index (χ4n) is 2.57. The average molecular weight is 232 g/mol. The molecule has 1 saturated carbocycles. The molecule has 0 heteroatoms. The maximum atomic E-state index is 4.28. The van der Waals surface area contributed by atoms with Gasteiger partial charge in [0.15, 0.2) is 0 Å². The van der Waals surface area contributed by atoms with Crippen molar-refractivity contribution in [2.75, 3.05) is 0 Å². The van der Waals surface area contributed by atoms with Gasteiger partial charge in [0.25, 0.3) is 0 Å². The van der Waals surface area contributed by atoms with E-state index in [2.05, 4.69) is 61.8 Å². The van der Waals surface area contributed by atoms with Crippen molar-refractivity contribution in [1.29, 1.82) is 0 Å². The van der Waals surface area contributed by atoms with Crippen LogP contribution in [0.25, 0.3) is 0 Å². The fraction of sp³-hybridized carbons (Fsp3) is 0.111. The molecule has 0 aliphatic heterocycles. The zero-order chi connectivity index (χ0) is 12.5. The Kier molecular flexibility index (Phi) is 2.64. The second-order valence-corrected chi connectivity index (χ2v) is 4.85. The molecule has 0 saturated heterocycles. The number of allylic oxidation sites excluding steroid dienone is 14. The van der Waals surface area contributed by atoms with Crippen molar-refractivity contribution >= 4 is 0 Å². The summed E-state index contributed by atoms with van der Waals surface area (Å²) in [5, 5.41) is 0. The van der Waals surface area contributed by atoms with Gasteiger partial charge in [-0.2, -0.15) is 0 Å². The van der Waals surface area contributed by atoms with E-state index < -0.39 is 0 Å². The molecule has 1 fully saturated rings. The molecule has 0 aromatic rings. The lowest BCUT2D eigenvalue weighted by Gasteiger charge is -2.23. The van der Waals surface area contributed by atoms with Crippen LogP contribution in [-0.2, 0) is 0 Å². The van der Waals surface area contributed by atoms with Crippen LogP contribution in [0, 0.1) is 0 Å². The second kappa shape index (κ2) is 4.30. The summed E-state index contributed by atoms with van der Waals surface area (Å²) in [5.74, 6) is 0. The van der Waals surface area contributed by atoms with Gasteiger partial charge < -0.3 is 0 Å². The molecule has 0 heterocycles. The van der Waals surface area contributed by atoms with Gasteiger partial charge in [0, 0.05) is 0 Å². The molecule has 4 bridgehead atoms. The summed E-state index contributed by atoms with van der Waals surface area (Å²) in [5.41, 5.74) is 7.54. The van der Waals surface area contributed by atoms with Gasteiger partial charge in [-0.3, -0.25) is 0 Å². The Balaban J connectivity index is 2.20. The van der Waals surface area contributed by atoms with Crippen LogP contribution in [0.3, 0.4) is 0 Å². The molecule has 0 nitrogen and oxygen atoms in total. The molecule has 3 aliphatic rings. The van der Waals surface area contributed by atoms with E-state index in [4.69, 9.17) is 0 Å². The maximum Gasteiger partial charge on any atom is -0.00141 e. The van der Waals surface area contributed by atoms with Gasteiger partial charge in [-0.25, -0.2) is 0 Å². The zero-order valence-corrected chi connectivity index (χ0v) is 10.4. The Morgan fingerprint density at radius 1 is 0.556 bits per heavy atom. The molecule has 0 amide bonds. The average Bonchev–Trinajstić information content (AvgIpc) is 2.77. The molecule has 18 heavy (non-hydrogen) atoms. The highest BCUT2D eigenvalue weighted by atomic mass is 14.2. The molecule has 0 unspecified atom stereocenters. The second-order valence-electron chi connectivity index (χ2n) is 4.85. The molecule has 0 aromatic heterocycles. The number of fused-ring (bicyclic) bond motifs is 4. The van der Waals surface area contributed by atoms with Gasteiger partial charge in [0.1, 0.15) is 0 Å². The number of hydrogen-bond acceptors (Lipinski definition) is 0. The van der Waals surface area contributed by atoms with E-state index in [-0.39, 0.29) is 0 Å². The lowest BCUT2D eigenvalue weighted by atomic mass is 9.82. The predicted molar refractivity (Wildman–Crippen MR) is 78.1 cm³/mol. The van der Waals surface area contributed by atoms with Crippen molar-refractivity contribution in [2.24, 2.45) is 0 Å². The van der Waals surface area contributed by atoms with Gasteiger partial charge in [-0.05, 0) is 46.3 Å². The van der Waals surface area contributed by atoms with Crippen LogP contribution in [0.2, 0.25) is 0 Å². The molecule has 0 aromatic carbocycles. The van der Waals surface area contributed by atoms with Crippen molar-refractivity contribution in [3.05, 3.63) is 95.2 Å². The third-order valence-electron chi connectivity index (χ3n) is 3.72. The standard InChI is InChI=1S/C18H16/c1-13-15-7-3-5-9-17(11-15)14(2)18-10-6-4-8-16(13)12-18/h3-10H,1-2,11-12H2. The Labute approximate surface area is 108 Å². The summed E-state index contributed by atoms with van der Waals surface area (Å²) in [6.07, 6.45) is 18.9. The number of rotatable bonds is 0. The minimum Gasteiger partial charge on any atom is -0.0912 e. The van der Waals surface area contributed by atoms with E-state index in [1.54, 1.807) is 0 Å². The van der Waals surface area contributed by atoms with Crippen LogP contribution in [-0.4, -0.2) is 0 Å². The Hall–Kier alpha value is -2.08. The summed E-state index contributed by atoms with van der Waals surface area (Å²) in [7, 11) is 0. The SMILES string of the molecule is C=C1C2=CC=CC=C(C2)C(=C)C2=CC=CC=C1C2. The molecule has 0 atom stereocenters. The summed E-state index contributed by atoms with van der Waals surface area (Å²) in [6.45, 7) is 8.55. The van der Waals surface area contributed by atoms with Crippen molar-refractivity contribution in [1.82, 2.24) is 0 Å². The van der Waals surface area contributed by atoms with Crippen LogP contribution in [0.4, 0.5) is 0 Å². The first-order valence-corrected chi connectivity index (χ1v) is 6.28. The quantitative estimate of drug-likeness (QED) is 0.566. The zero-order valence-electron chi connectivity index (χ0n) is 10.4. The van der Waals surface area contributed by atoms with Gasteiger partial charge >= 0.3 is 0 Å². The van der Waals surface area contributed by atoms with Crippen LogP contribution < -0.4 is 0 Å². The molecule has 0 radical (unpaired) electrons. The van der Waals surface area contributed by atoms with E-state index in [0.717, 1.165) is 24.0 Å². The maximum absolute atomic E-state index is 4.28. The first kappa shape index (κ1) is 11.0. The van der Waals surface area contributed by atoms with Crippen LogP contribution >= 0.6 is 0 Å². The molecule has 88 valence electrons. The third-order valence-corrected chi connectivity index (χ3v) is 3.72. The van der Waals surface area contributed by atoms with E-state index in [1.807, 2.05) is 0 Å². The van der Waals surface area contributed by atoms with Crippen molar-refractivity contribution in [3.63, 3.8) is 0 Å². The van der Waals surface area contributed by atoms with Gasteiger partial charge in [0.05, 0.1) is 0 Å². The molecule has 0 spiro atoms. The lowest BCUT2D eigenvalue weighted by molar-refractivity contribution is 1.04. The lowest BCUT2D eigenvalue weighted by Crippen LogP contribution is -2.04. The summed E-state index contributed by atoms with van der Waals surface area (Å²) in [6, 6.07) is 0. The molecule has 3 aliphatic carbocycles. The molecular formula is C18H16. The smallest absolute Gasteiger partial charge is 0.00141 e. The normalized spacial score (nSPS) is 22.0. The van der Waals surface area contributed by atoms with Gasteiger partial charge in [0.2, 0.25) is 0 Å². The van der Waals surface area contributed by atoms with E-state index in [0.29, 0.717) is 0 Å². The highest BCUT2D eigenvalue weighted by molar-refractivity contribution is 5.62. The summed E-state index contributed by atoms with van der Waals surface area (Å²) >= 11 is 0. The third kappa shape index (κ3) is 1.80. The van der Waals surface area contributed by atoms with Crippen LogP contribution in [0.15, 0.2) is 95.2 Å². The highest BCUT2D eigenvalue weighted by Gasteiger charge is 2.20. The van der Waals surface area contributed by atoms with Gasteiger partial charge in [-0.1, -0.05) is 61.8 Å². The van der Waals surface area contributed by atoms with Gasteiger partial charge in [-0.15, -0.1) is 0 Å². The largest absolute Gasteiger partial charge is 0.0912 e. The van der Waals surface area contributed by atoms with Crippen molar-refractivity contribution in [3.8, 4) is 0 Å². The Bertz CT molecular complexity index is 506. The summed E-state index contributed by atoms with van der Waals surface area (Å²) in [4.78, 5) is 0. The first-order chi connectivity index (χ1) is 8.75. The minimum atomic E-state index is 0.930. The first-order valence-electron chi connectivity index (χ1n) is 6.28. The Morgan fingerprint density at radius 3 is 1.11 bits per heavy atom. The molecular weight excluding hydrogens is 216 g/mol. The van der Waals surface area contributed by atoms with E-state index >= 15 is 0 Å². The minimum absolute atomic E-state index is 0.930. The van der Waals surface area contributed by atoms with Crippen LogP contribution in [0.1, 0.15) is 12.8 Å². The fourth-order valence-corrected chi connectivity index (χ4v) is 2.57. The summed E-state index contributed by atoms with van der Waals surface area (Å²) < 4.78 is 0. The van der Waals surface area contributed by atoms with E-state index in [1.165, 1.54) is 22.3 Å². The van der Waals surface area contributed by atoms with Crippen molar-refractivity contribution < 1.29 is 0 Å². The highest BCUT2D eigenvalue weighted by Crippen LogP contribution is 2.39. The monoisotopic (exact) mass is 232 g/mol. The molecule has 3 rings (SSSR count). The molecule has 0 N–H and O–H groups in total. The predicted octanol–water partition coefficient (Wildman–Crippen LogP) is 4.74. The number of hydrogen-bond donors (Lipinski definition) is 0.